The van der Waals surface area contributed by atoms with E-state index in [0.717, 1.165) is 47.5 Å². The summed E-state index contributed by atoms with van der Waals surface area (Å²) in [6.45, 7) is 2.89. The maximum absolute atomic E-state index is 12.6. The van der Waals surface area contributed by atoms with Gasteiger partial charge in [0.05, 0.1) is 28.7 Å². The summed E-state index contributed by atoms with van der Waals surface area (Å²) in [4.78, 5) is 27.3. The molecule has 0 unspecified atom stereocenters. The third kappa shape index (κ3) is 4.36. The Morgan fingerprint density at radius 3 is 2.97 bits per heavy atom. The number of rotatable bonds is 5. The number of nitrogens with zero attached hydrogens (tertiary/aromatic N) is 4. The Labute approximate surface area is 170 Å². The second kappa shape index (κ2) is 8.14. The van der Waals surface area contributed by atoms with E-state index in [9.17, 15) is 4.79 Å². The number of H-pyrrole nitrogens is 1. The van der Waals surface area contributed by atoms with Gasteiger partial charge >= 0.3 is 0 Å². The predicted molar refractivity (Wildman–Crippen MR) is 111 cm³/mol. The SMILES string of the molecule is Cc1ccc(CC(=O)C[C@@H]2CCN(C)[C@@H](c3nc4ccc(C#N)cc4[nH]3)C2)cn1. The van der Waals surface area contributed by atoms with Gasteiger partial charge in [0.25, 0.3) is 0 Å². The van der Waals surface area contributed by atoms with E-state index in [1.807, 2.05) is 31.2 Å². The summed E-state index contributed by atoms with van der Waals surface area (Å²) >= 11 is 0. The lowest BCUT2D eigenvalue weighted by molar-refractivity contribution is -0.119. The molecule has 0 saturated carbocycles. The highest BCUT2D eigenvalue weighted by Crippen LogP contribution is 2.34. The van der Waals surface area contributed by atoms with Crippen LogP contribution in [0.15, 0.2) is 36.5 Å². The second-order valence-electron chi connectivity index (χ2n) is 8.08. The normalized spacial score (nSPS) is 19.9. The van der Waals surface area contributed by atoms with E-state index >= 15 is 0 Å². The van der Waals surface area contributed by atoms with Gasteiger partial charge in [-0.25, -0.2) is 4.98 Å². The first kappa shape index (κ1) is 19.3. The van der Waals surface area contributed by atoms with Crippen molar-refractivity contribution in [3.05, 3.63) is 59.2 Å². The summed E-state index contributed by atoms with van der Waals surface area (Å²) in [5.74, 6) is 1.54. The van der Waals surface area contributed by atoms with Crippen LogP contribution in [0, 0.1) is 24.2 Å². The van der Waals surface area contributed by atoms with Gasteiger partial charge in [-0.05, 0) is 69.1 Å². The van der Waals surface area contributed by atoms with E-state index in [0.29, 0.717) is 24.3 Å². The summed E-state index contributed by atoms with van der Waals surface area (Å²) in [6.07, 6.45) is 4.76. The average Bonchev–Trinajstić information content (AvgIpc) is 3.14. The molecule has 2 aromatic heterocycles. The lowest BCUT2D eigenvalue weighted by Crippen LogP contribution is -2.35. The number of carbonyl (C=O) groups excluding carboxylic acids is 1. The number of likely N-dealkylation sites (tertiary alicyclic amines) is 1. The van der Waals surface area contributed by atoms with E-state index in [1.54, 1.807) is 12.3 Å². The standard InChI is InChI=1S/C23H25N5O/c1-15-3-4-18(14-25-15)10-19(29)9-16-7-8-28(2)22(12-16)23-26-20-6-5-17(13-24)11-21(20)27-23/h3-6,11,14,16,22H,7-10,12H2,1-2H3,(H,26,27)/t16-,22+/m0/s1. The number of ketones is 1. The number of aromatic nitrogens is 3. The Bertz CT molecular complexity index is 1060. The van der Waals surface area contributed by atoms with Crippen LogP contribution in [0.1, 0.15) is 47.9 Å². The van der Waals surface area contributed by atoms with E-state index < -0.39 is 0 Å². The third-order valence-corrected chi connectivity index (χ3v) is 5.81. The van der Waals surface area contributed by atoms with Crippen LogP contribution in [-0.2, 0) is 11.2 Å². The number of aryl methyl sites for hydroxylation is 1. The van der Waals surface area contributed by atoms with Crippen molar-refractivity contribution in [1.29, 1.82) is 5.26 Å². The smallest absolute Gasteiger partial charge is 0.137 e. The summed E-state index contributed by atoms with van der Waals surface area (Å²) < 4.78 is 0. The first-order valence-corrected chi connectivity index (χ1v) is 10.0. The predicted octanol–water partition coefficient (Wildman–Crippen LogP) is 3.72. The molecule has 0 aliphatic carbocycles. The number of hydrogen-bond acceptors (Lipinski definition) is 5. The van der Waals surface area contributed by atoms with E-state index in [2.05, 4.69) is 28.0 Å². The molecule has 2 atom stereocenters. The molecule has 3 aromatic rings. The number of carbonyl (C=O) groups is 1. The molecule has 1 aliphatic rings. The molecule has 4 rings (SSSR count). The lowest BCUT2D eigenvalue weighted by Gasteiger charge is -2.35. The zero-order valence-corrected chi connectivity index (χ0v) is 16.9. The molecule has 1 aliphatic heterocycles. The maximum atomic E-state index is 12.6. The molecular weight excluding hydrogens is 362 g/mol. The van der Waals surface area contributed by atoms with Gasteiger partial charge in [-0.2, -0.15) is 5.26 Å². The number of Topliss-reactive ketones (excluding diaryl/α,β-unsaturated/α-hetero) is 1. The Balaban J connectivity index is 1.44. The molecule has 29 heavy (non-hydrogen) atoms. The monoisotopic (exact) mass is 387 g/mol. The number of aromatic amines is 1. The topological polar surface area (TPSA) is 85.7 Å². The van der Waals surface area contributed by atoms with Crippen LogP contribution < -0.4 is 0 Å². The molecule has 1 saturated heterocycles. The van der Waals surface area contributed by atoms with Crippen LogP contribution in [0.2, 0.25) is 0 Å². The van der Waals surface area contributed by atoms with Gasteiger partial charge in [-0.3, -0.25) is 14.7 Å². The van der Waals surface area contributed by atoms with E-state index in [-0.39, 0.29) is 11.8 Å². The van der Waals surface area contributed by atoms with E-state index in [1.165, 1.54) is 0 Å². The quantitative estimate of drug-likeness (QED) is 0.721. The van der Waals surface area contributed by atoms with Crippen LogP contribution >= 0.6 is 0 Å². The highest BCUT2D eigenvalue weighted by atomic mass is 16.1. The number of fused-ring (bicyclic) bond motifs is 1. The van der Waals surface area contributed by atoms with Crippen LogP contribution in [0.4, 0.5) is 0 Å². The molecule has 148 valence electrons. The first-order chi connectivity index (χ1) is 14.0. The lowest BCUT2D eigenvalue weighted by atomic mass is 9.86. The number of nitriles is 1. The Morgan fingerprint density at radius 2 is 2.21 bits per heavy atom. The number of benzene rings is 1. The fraction of sp³-hybridized carbons (Fsp3) is 0.391. The van der Waals surface area contributed by atoms with Crippen LogP contribution in [0.25, 0.3) is 11.0 Å². The van der Waals surface area contributed by atoms with Crippen molar-refractivity contribution in [3.8, 4) is 6.07 Å². The number of nitrogens with one attached hydrogen (secondary N) is 1. The third-order valence-electron chi connectivity index (χ3n) is 5.81. The number of piperidine rings is 1. The van der Waals surface area contributed by atoms with Gasteiger partial charge in [0.15, 0.2) is 0 Å². The van der Waals surface area contributed by atoms with Crippen LogP contribution in [-0.4, -0.2) is 39.2 Å². The summed E-state index contributed by atoms with van der Waals surface area (Å²) in [5, 5.41) is 9.10. The molecule has 6 nitrogen and oxygen atoms in total. The van der Waals surface area contributed by atoms with Crippen molar-refractivity contribution in [2.24, 2.45) is 5.92 Å². The average molecular weight is 387 g/mol. The maximum Gasteiger partial charge on any atom is 0.137 e. The minimum Gasteiger partial charge on any atom is -0.341 e. The zero-order valence-electron chi connectivity index (χ0n) is 16.9. The molecule has 0 amide bonds. The van der Waals surface area contributed by atoms with Gasteiger partial charge in [0.2, 0.25) is 0 Å². The number of hydrogen-bond donors (Lipinski definition) is 1. The Morgan fingerprint density at radius 1 is 1.34 bits per heavy atom. The van der Waals surface area contributed by atoms with Crippen LogP contribution in [0.3, 0.4) is 0 Å². The molecule has 6 heteroatoms. The molecule has 1 fully saturated rings. The summed E-state index contributed by atoms with van der Waals surface area (Å²) in [6, 6.07) is 11.8. The highest BCUT2D eigenvalue weighted by molar-refractivity contribution is 5.81. The highest BCUT2D eigenvalue weighted by Gasteiger charge is 2.30. The molecule has 1 aromatic carbocycles. The molecule has 1 N–H and O–H groups in total. The van der Waals surface area contributed by atoms with Gasteiger partial charge in [-0.15, -0.1) is 0 Å². The second-order valence-corrected chi connectivity index (χ2v) is 8.08. The van der Waals surface area contributed by atoms with Crippen molar-refractivity contribution in [1.82, 2.24) is 19.9 Å². The summed E-state index contributed by atoms with van der Waals surface area (Å²) in [7, 11) is 2.11. The molecular formula is C23H25N5O. The summed E-state index contributed by atoms with van der Waals surface area (Å²) in [5.41, 5.74) is 4.33. The minimum absolute atomic E-state index is 0.153. The molecule has 0 spiro atoms. The fourth-order valence-electron chi connectivity index (χ4n) is 4.14. The van der Waals surface area contributed by atoms with Gasteiger partial charge in [-0.1, -0.05) is 6.07 Å². The van der Waals surface area contributed by atoms with Crippen molar-refractivity contribution in [2.45, 2.75) is 38.6 Å². The number of imidazole rings is 1. The first-order valence-electron chi connectivity index (χ1n) is 10.0. The number of pyridine rings is 1. The zero-order chi connectivity index (χ0) is 20.4. The van der Waals surface area contributed by atoms with Gasteiger partial charge < -0.3 is 4.98 Å². The van der Waals surface area contributed by atoms with Gasteiger partial charge in [0.1, 0.15) is 11.6 Å². The molecule has 0 bridgehead atoms. The molecule has 0 radical (unpaired) electrons. The minimum atomic E-state index is 0.153. The van der Waals surface area contributed by atoms with Crippen molar-refractivity contribution < 1.29 is 4.79 Å². The van der Waals surface area contributed by atoms with Gasteiger partial charge in [0, 0.05) is 24.7 Å². The molecule has 3 heterocycles. The largest absolute Gasteiger partial charge is 0.341 e. The van der Waals surface area contributed by atoms with Crippen molar-refractivity contribution in [2.75, 3.05) is 13.6 Å². The van der Waals surface area contributed by atoms with Crippen molar-refractivity contribution in [3.63, 3.8) is 0 Å². The Hall–Kier alpha value is -3.04. The van der Waals surface area contributed by atoms with Crippen LogP contribution in [0.5, 0.6) is 0 Å². The van der Waals surface area contributed by atoms with Crippen molar-refractivity contribution >= 4 is 16.8 Å². The van der Waals surface area contributed by atoms with E-state index in [4.69, 9.17) is 10.2 Å². The fourth-order valence-corrected chi connectivity index (χ4v) is 4.14. The Kier molecular flexibility index (Phi) is 5.41.